The molecule has 7 heteroatoms. The standard InChI is InChI=1S/C20H21ClN4O2/c1-13(2)27-16-7-5-15(6-8-16)23-19-10-11-22-20(25-19)24-17-12-14(21)4-9-18(17)26-3/h4-13H,1-3H3,(H2,22,23,24,25). The maximum atomic E-state index is 6.06. The Morgan fingerprint density at radius 1 is 1.00 bits per heavy atom. The van der Waals surface area contributed by atoms with Gasteiger partial charge in [0.2, 0.25) is 5.95 Å². The van der Waals surface area contributed by atoms with Crippen LogP contribution in [0, 0.1) is 0 Å². The lowest BCUT2D eigenvalue weighted by atomic mass is 10.3. The molecule has 6 nitrogen and oxygen atoms in total. The number of ether oxygens (including phenoxy) is 2. The van der Waals surface area contributed by atoms with E-state index in [1.54, 1.807) is 37.6 Å². The van der Waals surface area contributed by atoms with E-state index in [-0.39, 0.29) is 6.10 Å². The van der Waals surface area contributed by atoms with Crippen molar-refractivity contribution in [3.8, 4) is 11.5 Å². The molecule has 0 fully saturated rings. The van der Waals surface area contributed by atoms with Gasteiger partial charge in [0, 0.05) is 16.9 Å². The van der Waals surface area contributed by atoms with Gasteiger partial charge in [0.15, 0.2) is 0 Å². The van der Waals surface area contributed by atoms with Gasteiger partial charge < -0.3 is 20.1 Å². The number of methoxy groups -OCH3 is 1. The van der Waals surface area contributed by atoms with Crippen molar-refractivity contribution >= 4 is 34.7 Å². The number of hydrogen-bond acceptors (Lipinski definition) is 6. The molecular formula is C20H21ClN4O2. The van der Waals surface area contributed by atoms with Crippen LogP contribution >= 0.6 is 11.6 Å². The van der Waals surface area contributed by atoms with Crippen molar-refractivity contribution < 1.29 is 9.47 Å². The van der Waals surface area contributed by atoms with Crippen LogP contribution in [0.5, 0.6) is 11.5 Å². The van der Waals surface area contributed by atoms with E-state index in [9.17, 15) is 0 Å². The molecule has 140 valence electrons. The van der Waals surface area contributed by atoms with E-state index in [0.29, 0.717) is 28.2 Å². The Kier molecular flexibility index (Phi) is 5.98. The number of nitrogens with zero attached hydrogens (tertiary/aromatic N) is 2. The lowest BCUT2D eigenvalue weighted by molar-refractivity contribution is 0.242. The molecule has 0 spiro atoms. The third kappa shape index (κ3) is 5.24. The lowest BCUT2D eigenvalue weighted by Gasteiger charge is -2.12. The van der Waals surface area contributed by atoms with Gasteiger partial charge in [0.05, 0.1) is 18.9 Å². The summed E-state index contributed by atoms with van der Waals surface area (Å²) in [5.41, 5.74) is 1.59. The molecule has 0 bridgehead atoms. The number of anilines is 4. The summed E-state index contributed by atoms with van der Waals surface area (Å²) in [4.78, 5) is 8.72. The fraction of sp³-hybridized carbons (Fsp3) is 0.200. The highest BCUT2D eigenvalue weighted by atomic mass is 35.5. The third-order valence-electron chi connectivity index (χ3n) is 3.56. The van der Waals surface area contributed by atoms with Gasteiger partial charge in [0.25, 0.3) is 0 Å². The highest BCUT2D eigenvalue weighted by Crippen LogP contribution is 2.30. The molecule has 1 aromatic heterocycles. The molecule has 2 N–H and O–H groups in total. The van der Waals surface area contributed by atoms with E-state index in [2.05, 4.69) is 20.6 Å². The first-order valence-corrected chi connectivity index (χ1v) is 8.88. The molecular weight excluding hydrogens is 364 g/mol. The van der Waals surface area contributed by atoms with Gasteiger partial charge in [-0.05, 0) is 62.4 Å². The first-order chi connectivity index (χ1) is 13.0. The van der Waals surface area contributed by atoms with Gasteiger partial charge in [-0.2, -0.15) is 4.98 Å². The molecule has 0 atom stereocenters. The van der Waals surface area contributed by atoms with Crippen molar-refractivity contribution in [2.45, 2.75) is 20.0 Å². The second-order valence-electron chi connectivity index (χ2n) is 6.05. The Balaban J connectivity index is 1.73. The zero-order chi connectivity index (χ0) is 19.2. The Hall–Kier alpha value is -2.99. The van der Waals surface area contributed by atoms with Crippen molar-refractivity contribution in [2.75, 3.05) is 17.7 Å². The monoisotopic (exact) mass is 384 g/mol. The van der Waals surface area contributed by atoms with Crippen molar-refractivity contribution in [2.24, 2.45) is 0 Å². The minimum atomic E-state index is 0.141. The fourth-order valence-electron chi connectivity index (χ4n) is 2.42. The van der Waals surface area contributed by atoms with E-state index < -0.39 is 0 Å². The van der Waals surface area contributed by atoms with E-state index in [0.717, 1.165) is 11.4 Å². The Morgan fingerprint density at radius 2 is 1.78 bits per heavy atom. The minimum absolute atomic E-state index is 0.141. The maximum absolute atomic E-state index is 6.06. The smallest absolute Gasteiger partial charge is 0.229 e. The molecule has 3 rings (SSSR count). The molecule has 0 unspecified atom stereocenters. The molecule has 0 saturated carbocycles. The molecule has 27 heavy (non-hydrogen) atoms. The summed E-state index contributed by atoms with van der Waals surface area (Å²) in [6, 6.07) is 14.8. The quantitative estimate of drug-likeness (QED) is 0.567. The molecule has 0 radical (unpaired) electrons. The molecule has 0 aliphatic rings. The summed E-state index contributed by atoms with van der Waals surface area (Å²) < 4.78 is 11.0. The van der Waals surface area contributed by atoms with Crippen molar-refractivity contribution in [1.29, 1.82) is 0 Å². The van der Waals surface area contributed by atoms with Crippen LogP contribution in [0.25, 0.3) is 0 Å². The SMILES string of the molecule is COc1ccc(Cl)cc1Nc1nccc(Nc2ccc(OC(C)C)cc2)n1. The van der Waals surface area contributed by atoms with Crippen LogP contribution in [0.3, 0.4) is 0 Å². The number of hydrogen-bond donors (Lipinski definition) is 2. The van der Waals surface area contributed by atoms with Gasteiger partial charge >= 0.3 is 0 Å². The number of benzene rings is 2. The summed E-state index contributed by atoms with van der Waals surface area (Å²) in [6.45, 7) is 3.99. The average molecular weight is 385 g/mol. The van der Waals surface area contributed by atoms with Crippen molar-refractivity contribution in [3.05, 3.63) is 59.8 Å². The molecule has 0 saturated heterocycles. The van der Waals surface area contributed by atoms with Crippen LogP contribution in [0.1, 0.15) is 13.8 Å². The average Bonchev–Trinajstić information content (AvgIpc) is 2.63. The predicted octanol–water partition coefficient (Wildman–Crippen LogP) is 5.41. The molecule has 0 amide bonds. The van der Waals surface area contributed by atoms with E-state index in [1.165, 1.54) is 0 Å². The largest absolute Gasteiger partial charge is 0.495 e. The normalized spacial score (nSPS) is 10.6. The van der Waals surface area contributed by atoms with Crippen LogP contribution < -0.4 is 20.1 Å². The third-order valence-corrected chi connectivity index (χ3v) is 3.80. The lowest BCUT2D eigenvalue weighted by Crippen LogP contribution is -2.05. The van der Waals surface area contributed by atoms with Gasteiger partial charge in [-0.1, -0.05) is 11.6 Å². The molecule has 3 aromatic rings. The Labute approximate surface area is 163 Å². The molecule has 0 aliphatic carbocycles. The van der Waals surface area contributed by atoms with E-state index >= 15 is 0 Å². The molecule has 2 aromatic carbocycles. The minimum Gasteiger partial charge on any atom is -0.495 e. The highest BCUT2D eigenvalue weighted by Gasteiger charge is 2.07. The zero-order valence-electron chi connectivity index (χ0n) is 15.4. The summed E-state index contributed by atoms with van der Waals surface area (Å²) >= 11 is 6.06. The predicted molar refractivity (Wildman–Crippen MR) is 109 cm³/mol. The zero-order valence-corrected chi connectivity index (χ0v) is 16.1. The summed E-state index contributed by atoms with van der Waals surface area (Å²) in [6.07, 6.45) is 1.81. The fourth-order valence-corrected chi connectivity index (χ4v) is 2.60. The number of aromatic nitrogens is 2. The van der Waals surface area contributed by atoms with Gasteiger partial charge in [0.1, 0.15) is 17.3 Å². The number of rotatable bonds is 7. The highest BCUT2D eigenvalue weighted by molar-refractivity contribution is 6.31. The maximum Gasteiger partial charge on any atom is 0.229 e. The van der Waals surface area contributed by atoms with Crippen LogP contribution in [0.15, 0.2) is 54.7 Å². The van der Waals surface area contributed by atoms with Crippen LogP contribution in [-0.4, -0.2) is 23.2 Å². The molecule has 0 aliphatic heterocycles. The van der Waals surface area contributed by atoms with Gasteiger partial charge in [-0.15, -0.1) is 0 Å². The number of nitrogens with one attached hydrogen (secondary N) is 2. The first kappa shape index (κ1) is 18.8. The van der Waals surface area contributed by atoms with Crippen LogP contribution in [-0.2, 0) is 0 Å². The Bertz CT molecular complexity index is 901. The van der Waals surface area contributed by atoms with E-state index in [4.69, 9.17) is 21.1 Å². The summed E-state index contributed by atoms with van der Waals surface area (Å²) in [7, 11) is 1.60. The summed E-state index contributed by atoms with van der Waals surface area (Å²) in [5, 5.41) is 6.97. The van der Waals surface area contributed by atoms with Crippen molar-refractivity contribution in [3.63, 3.8) is 0 Å². The molecule has 1 heterocycles. The topological polar surface area (TPSA) is 68.3 Å². The van der Waals surface area contributed by atoms with E-state index in [1.807, 2.05) is 38.1 Å². The van der Waals surface area contributed by atoms with Crippen LogP contribution in [0.4, 0.5) is 23.1 Å². The van der Waals surface area contributed by atoms with Gasteiger partial charge in [-0.25, -0.2) is 4.98 Å². The van der Waals surface area contributed by atoms with Gasteiger partial charge in [-0.3, -0.25) is 0 Å². The van der Waals surface area contributed by atoms with Crippen LogP contribution in [0.2, 0.25) is 5.02 Å². The second kappa shape index (κ2) is 8.60. The van der Waals surface area contributed by atoms with Crippen molar-refractivity contribution in [1.82, 2.24) is 9.97 Å². The first-order valence-electron chi connectivity index (χ1n) is 8.51. The number of halogens is 1. The summed E-state index contributed by atoms with van der Waals surface area (Å²) in [5.74, 6) is 2.57. The second-order valence-corrected chi connectivity index (χ2v) is 6.49. The Morgan fingerprint density at radius 3 is 2.48 bits per heavy atom.